The Kier molecular flexibility index (Phi) is 4.64. The third-order valence-corrected chi connectivity index (χ3v) is 4.66. The van der Waals surface area contributed by atoms with E-state index in [1.54, 1.807) is 28.6 Å². The van der Waals surface area contributed by atoms with Crippen molar-refractivity contribution in [1.29, 1.82) is 0 Å². The number of ether oxygens (including phenoxy) is 2. The quantitative estimate of drug-likeness (QED) is 0.450. The topological polar surface area (TPSA) is 104 Å². The first-order valence-electron chi connectivity index (χ1n) is 9.45. The van der Waals surface area contributed by atoms with Crippen molar-refractivity contribution < 1.29 is 9.47 Å². The molecule has 0 aliphatic rings. The molecule has 0 fully saturated rings. The van der Waals surface area contributed by atoms with Crippen LogP contribution in [-0.4, -0.2) is 41.5 Å². The van der Waals surface area contributed by atoms with Crippen LogP contribution < -0.4 is 14.8 Å². The average Bonchev–Trinajstić information content (AvgIpc) is 3.40. The van der Waals surface area contributed by atoms with Gasteiger partial charge in [0, 0.05) is 31.1 Å². The molecule has 4 aromatic heterocycles. The minimum atomic E-state index is 0.368. The van der Waals surface area contributed by atoms with Crippen LogP contribution in [0.3, 0.4) is 0 Å². The lowest BCUT2D eigenvalue weighted by Gasteiger charge is -2.07. The van der Waals surface area contributed by atoms with Crippen LogP contribution in [0, 0.1) is 0 Å². The number of pyridine rings is 1. The highest BCUT2D eigenvalue weighted by atomic mass is 16.5. The maximum absolute atomic E-state index is 5.86. The standard InChI is InChI=1S/C21H18N8O2/c1-28-18(8-11-23-28)25-20-22-10-7-17(24-20)14-9-12-29-19(13-14)26-27-21(29)31-16-5-3-15(30-2)4-6-16/h3-13H,1-2H3,(H,22,24,25). The predicted molar refractivity (Wildman–Crippen MR) is 114 cm³/mol. The molecular formula is C21H18N8O2. The van der Waals surface area contributed by atoms with E-state index in [0.717, 1.165) is 22.8 Å². The highest BCUT2D eigenvalue weighted by molar-refractivity contribution is 5.65. The number of rotatable bonds is 6. The second-order valence-corrected chi connectivity index (χ2v) is 6.63. The van der Waals surface area contributed by atoms with Gasteiger partial charge >= 0.3 is 6.01 Å². The minimum absolute atomic E-state index is 0.368. The number of hydrogen-bond donors (Lipinski definition) is 1. The van der Waals surface area contributed by atoms with Gasteiger partial charge < -0.3 is 14.8 Å². The number of nitrogens with zero attached hydrogens (tertiary/aromatic N) is 7. The van der Waals surface area contributed by atoms with Crippen LogP contribution >= 0.6 is 0 Å². The molecule has 10 heteroatoms. The molecule has 0 aliphatic heterocycles. The summed E-state index contributed by atoms with van der Waals surface area (Å²) in [5.74, 6) is 2.67. The Morgan fingerprint density at radius 2 is 1.77 bits per heavy atom. The lowest BCUT2D eigenvalue weighted by molar-refractivity contribution is 0.410. The van der Waals surface area contributed by atoms with Gasteiger partial charge in [-0.15, -0.1) is 5.10 Å². The second-order valence-electron chi connectivity index (χ2n) is 6.63. The Morgan fingerprint density at radius 1 is 0.935 bits per heavy atom. The molecule has 0 saturated carbocycles. The zero-order valence-corrected chi connectivity index (χ0v) is 16.8. The van der Waals surface area contributed by atoms with Crippen LogP contribution in [0.15, 0.2) is 67.1 Å². The van der Waals surface area contributed by atoms with Gasteiger partial charge in [-0.2, -0.15) is 5.10 Å². The van der Waals surface area contributed by atoms with E-state index in [0.29, 0.717) is 23.4 Å². The smallest absolute Gasteiger partial charge is 0.327 e. The maximum Gasteiger partial charge on any atom is 0.327 e. The number of aromatic nitrogens is 7. The van der Waals surface area contributed by atoms with Crippen molar-refractivity contribution in [2.75, 3.05) is 12.4 Å². The SMILES string of the molecule is COc1ccc(Oc2nnc3cc(-c4ccnc(Nc5ccnn5C)n4)ccn23)cc1. The fraction of sp³-hybridized carbons (Fsp3) is 0.0952. The van der Waals surface area contributed by atoms with Crippen molar-refractivity contribution in [1.82, 2.24) is 34.3 Å². The molecule has 0 bridgehead atoms. The van der Waals surface area contributed by atoms with E-state index < -0.39 is 0 Å². The summed E-state index contributed by atoms with van der Waals surface area (Å²) in [5.41, 5.74) is 2.27. The third kappa shape index (κ3) is 3.73. The molecule has 0 spiro atoms. The molecule has 0 amide bonds. The summed E-state index contributed by atoms with van der Waals surface area (Å²) in [6.45, 7) is 0. The van der Waals surface area contributed by atoms with Crippen LogP contribution in [0.5, 0.6) is 17.5 Å². The Hall–Kier alpha value is -4.47. The Balaban J connectivity index is 1.40. The summed E-state index contributed by atoms with van der Waals surface area (Å²) >= 11 is 0. The fourth-order valence-corrected chi connectivity index (χ4v) is 3.04. The van der Waals surface area contributed by atoms with E-state index in [9.17, 15) is 0 Å². The molecule has 5 aromatic rings. The molecule has 5 rings (SSSR count). The van der Waals surface area contributed by atoms with Gasteiger partial charge in [-0.3, -0.25) is 9.08 Å². The van der Waals surface area contributed by atoms with Crippen LogP contribution in [0.1, 0.15) is 0 Å². The van der Waals surface area contributed by atoms with Crippen LogP contribution in [0.25, 0.3) is 16.9 Å². The van der Waals surface area contributed by atoms with E-state index in [1.807, 2.05) is 61.8 Å². The molecule has 0 atom stereocenters. The average molecular weight is 414 g/mol. The number of aryl methyl sites for hydroxylation is 1. The molecule has 154 valence electrons. The monoisotopic (exact) mass is 414 g/mol. The molecule has 31 heavy (non-hydrogen) atoms. The van der Waals surface area contributed by atoms with E-state index >= 15 is 0 Å². The first kappa shape index (κ1) is 18.6. The molecular weight excluding hydrogens is 396 g/mol. The number of fused-ring (bicyclic) bond motifs is 1. The van der Waals surface area contributed by atoms with Crippen molar-refractivity contribution >= 4 is 17.4 Å². The summed E-state index contributed by atoms with van der Waals surface area (Å²) < 4.78 is 14.5. The van der Waals surface area contributed by atoms with Crippen molar-refractivity contribution in [3.63, 3.8) is 0 Å². The van der Waals surface area contributed by atoms with E-state index in [-0.39, 0.29) is 0 Å². The third-order valence-electron chi connectivity index (χ3n) is 4.66. The van der Waals surface area contributed by atoms with Crippen molar-refractivity contribution in [3.05, 3.63) is 67.1 Å². The summed E-state index contributed by atoms with van der Waals surface area (Å²) in [6.07, 6.45) is 5.25. The Labute approximate surface area is 177 Å². The number of nitrogens with one attached hydrogen (secondary N) is 1. The van der Waals surface area contributed by atoms with Gasteiger partial charge in [-0.05, 0) is 42.5 Å². The zero-order chi connectivity index (χ0) is 21.2. The number of hydrogen-bond acceptors (Lipinski definition) is 8. The zero-order valence-electron chi connectivity index (χ0n) is 16.8. The van der Waals surface area contributed by atoms with Gasteiger partial charge in [0.2, 0.25) is 5.95 Å². The molecule has 4 heterocycles. The molecule has 0 radical (unpaired) electrons. The highest BCUT2D eigenvalue weighted by Crippen LogP contribution is 2.25. The first-order chi connectivity index (χ1) is 15.2. The van der Waals surface area contributed by atoms with Crippen molar-refractivity contribution in [3.8, 4) is 28.8 Å². The Morgan fingerprint density at radius 3 is 2.55 bits per heavy atom. The summed E-state index contributed by atoms with van der Waals surface area (Å²) in [5, 5.41) is 15.7. The van der Waals surface area contributed by atoms with Crippen LogP contribution in [0.2, 0.25) is 0 Å². The van der Waals surface area contributed by atoms with Crippen molar-refractivity contribution in [2.45, 2.75) is 0 Å². The van der Waals surface area contributed by atoms with Crippen LogP contribution in [0.4, 0.5) is 11.8 Å². The fourth-order valence-electron chi connectivity index (χ4n) is 3.04. The molecule has 0 saturated heterocycles. The second kappa shape index (κ2) is 7.75. The lowest BCUT2D eigenvalue weighted by atomic mass is 10.2. The normalized spacial score (nSPS) is 10.9. The maximum atomic E-state index is 5.86. The predicted octanol–water partition coefficient (Wildman–Crippen LogP) is 3.46. The molecule has 1 N–H and O–H groups in total. The van der Waals surface area contributed by atoms with Gasteiger partial charge in [0.15, 0.2) is 5.65 Å². The minimum Gasteiger partial charge on any atom is -0.497 e. The van der Waals surface area contributed by atoms with Crippen molar-refractivity contribution in [2.24, 2.45) is 7.05 Å². The van der Waals surface area contributed by atoms with Gasteiger partial charge in [0.05, 0.1) is 19.0 Å². The van der Waals surface area contributed by atoms with E-state index in [2.05, 4.69) is 30.6 Å². The molecule has 1 aromatic carbocycles. The molecule has 0 unspecified atom stereocenters. The van der Waals surface area contributed by atoms with E-state index in [1.165, 1.54) is 0 Å². The van der Waals surface area contributed by atoms with Gasteiger partial charge in [-0.25, -0.2) is 9.97 Å². The van der Waals surface area contributed by atoms with Gasteiger partial charge in [0.25, 0.3) is 0 Å². The van der Waals surface area contributed by atoms with Crippen LogP contribution in [-0.2, 0) is 7.05 Å². The molecule has 0 aliphatic carbocycles. The van der Waals surface area contributed by atoms with E-state index in [4.69, 9.17) is 9.47 Å². The molecule has 10 nitrogen and oxygen atoms in total. The summed E-state index contributed by atoms with van der Waals surface area (Å²) in [7, 11) is 3.46. The Bertz CT molecular complexity index is 1340. The van der Waals surface area contributed by atoms with Gasteiger partial charge in [-0.1, -0.05) is 5.10 Å². The van der Waals surface area contributed by atoms with Gasteiger partial charge in [0.1, 0.15) is 17.3 Å². The number of benzene rings is 1. The summed E-state index contributed by atoms with van der Waals surface area (Å²) in [4.78, 5) is 8.87. The lowest BCUT2D eigenvalue weighted by Crippen LogP contribution is -2.02. The largest absolute Gasteiger partial charge is 0.497 e. The number of methoxy groups -OCH3 is 1. The first-order valence-corrected chi connectivity index (χ1v) is 9.45. The number of anilines is 2. The highest BCUT2D eigenvalue weighted by Gasteiger charge is 2.11. The summed E-state index contributed by atoms with van der Waals surface area (Å²) in [6, 6.07) is 15.1.